The van der Waals surface area contributed by atoms with E-state index in [9.17, 15) is 44.8 Å². The van der Waals surface area contributed by atoms with Crippen LogP contribution >= 0.6 is 0 Å². The number of amides is 1. The smallest absolute Gasteiger partial charge is 0.336 e. The molecule has 0 fully saturated rings. The van der Waals surface area contributed by atoms with Crippen molar-refractivity contribution in [3.05, 3.63) is 176 Å². The zero-order valence-corrected chi connectivity index (χ0v) is 28.8. The molecule has 1 amide bonds. The number of ether oxygens (including phenoxy) is 2. The minimum atomic E-state index is -1.39. The summed E-state index contributed by atoms with van der Waals surface area (Å²) in [6, 6.07) is 34.3. The summed E-state index contributed by atoms with van der Waals surface area (Å²) in [5, 5.41) is 43.5. The molecule has 16 nitrogen and oxygen atoms in total. The molecule has 0 saturated heterocycles. The van der Waals surface area contributed by atoms with Gasteiger partial charge in [-0.05, 0) is 96.1 Å². The van der Waals surface area contributed by atoms with Crippen LogP contribution in [0.5, 0.6) is 23.0 Å². The van der Waals surface area contributed by atoms with E-state index in [1.165, 1.54) is 0 Å². The summed E-state index contributed by atoms with van der Waals surface area (Å²) in [5.41, 5.74) is 4.07. The number of nitro benzene ring substituents is 2. The Bertz CT molecular complexity index is 2440. The third-order valence-corrected chi connectivity index (χ3v) is 8.12. The predicted molar refractivity (Wildman–Crippen MR) is 201 cm³/mol. The number of hydrogen-bond donors (Lipinski definition) is 4. The molecule has 0 aliphatic heterocycles. The van der Waals surface area contributed by atoms with E-state index in [2.05, 4.69) is 10.8 Å². The van der Waals surface area contributed by atoms with Crippen LogP contribution in [-0.2, 0) is 11.4 Å². The number of non-ortho nitro benzene ring substituents is 2. The van der Waals surface area contributed by atoms with Gasteiger partial charge in [0.15, 0.2) is 0 Å². The molecule has 16 heteroatoms. The summed E-state index contributed by atoms with van der Waals surface area (Å²) in [5.74, 6) is -1.30. The van der Waals surface area contributed by atoms with Crippen molar-refractivity contribution in [1.29, 1.82) is 0 Å². The van der Waals surface area contributed by atoms with Gasteiger partial charge in [0.2, 0.25) is 0 Å². The Hall–Kier alpha value is -8.11. The Labute approximate surface area is 316 Å². The fourth-order valence-corrected chi connectivity index (χ4v) is 5.34. The maximum Gasteiger partial charge on any atom is 0.336 e. The van der Waals surface area contributed by atoms with Crippen molar-refractivity contribution < 1.29 is 48.8 Å². The number of carbonyl (C=O) groups is 3. The van der Waals surface area contributed by atoms with Crippen LogP contribution in [0.25, 0.3) is 11.1 Å². The van der Waals surface area contributed by atoms with Crippen LogP contribution in [0.2, 0.25) is 0 Å². The molecule has 6 aromatic carbocycles. The van der Waals surface area contributed by atoms with Crippen LogP contribution in [0.3, 0.4) is 0 Å². The van der Waals surface area contributed by atoms with E-state index in [0.717, 1.165) is 47.5 Å². The van der Waals surface area contributed by atoms with E-state index in [1.54, 1.807) is 60.7 Å². The molecule has 0 aliphatic carbocycles. The van der Waals surface area contributed by atoms with Crippen molar-refractivity contribution >= 4 is 40.6 Å². The van der Waals surface area contributed by atoms with Crippen molar-refractivity contribution in [3.63, 3.8) is 0 Å². The van der Waals surface area contributed by atoms with Gasteiger partial charge in [0.25, 0.3) is 17.3 Å². The number of hydrogen-bond acceptors (Lipinski definition) is 11. The van der Waals surface area contributed by atoms with Gasteiger partial charge in [-0.15, -0.1) is 0 Å². The largest absolute Gasteiger partial charge is 0.478 e. The number of nitrogens with one attached hydrogen (secondary N) is 2. The molecule has 280 valence electrons. The molecule has 6 aromatic rings. The average molecular weight is 757 g/mol. The highest BCUT2D eigenvalue weighted by Crippen LogP contribution is 2.30. The van der Waals surface area contributed by atoms with Gasteiger partial charge in [-0.3, -0.25) is 35.3 Å². The van der Waals surface area contributed by atoms with Crippen LogP contribution in [0, 0.1) is 20.2 Å². The summed E-state index contributed by atoms with van der Waals surface area (Å²) < 4.78 is 11.9. The molecule has 0 spiro atoms. The van der Waals surface area contributed by atoms with Crippen molar-refractivity contribution in [1.82, 2.24) is 0 Å². The summed E-state index contributed by atoms with van der Waals surface area (Å²) in [6.45, 7) is -0.227. The number of anilines is 2. The first-order valence-corrected chi connectivity index (χ1v) is 16.4. The number of carboxylic acids is 2. The molecular weight excluding hydrogens is 728 g/mol. The number of aromatic carboxylic acids is 2. The number of rotatable bonds is 15. The van der Waals surface area contributed by atoms with Crippen LogP contribution in [0.15, 0.2) is 133 Å². The van der Waals surface area contributed by atoms with Gasteiger partial charge >= 0.3 is 11.9 Å². The highest BCUT2D eigenvalue weighted by molar-refractivity contribution is 6.11. The number of benzene rings is 6. The second kappa shape index (κ2) is 16.7. The van der Waals surface area contributed by atoms with Crippen molar-refractivity contribution in [2.45, 2.75) is 6.61 Å². The normalized spacial score (nSPS) is 10.6. The zero-order chi connectivity index (χ0) is 39.8. The lowest BCUT2D eigenvalue weighted by atomic mass is 10.1. The highest BCUT2D eigenvalue weighted by atomic mass is 16.6. The lowest BCUT2D eigenvalue weighted by molar-refractivity contribution is -0.385. The average Bonchev–Trinajstić information content (AvgIpc) is 3.19. The summed E-state index contributed by atoms with van der Waals surface area (Å²) in [6.07, 6.45) is 0. The number of carboxylic acid groups (broad SMARTS) is 2. The minimum Gasteiger partial charge on any atom is -0.478 e. The fourth-order valence-electron chi connectivity index (χ4n) is 5.34. The fraction of sp³-hybridized carbons (Fsp3) is 0.0250. The van der Waals surface area contributed by atoms with Crippen molar-refractivity contribution in [3.8, 4) is 34.1 Å². The van der Waals surface area contributed by atoms with E-state index < -0.39 is 33.4 Å². The quantitative estimate of drug-likeness (QED) is 0.0567. The molecule has 0 bridgehead atoms. The van der Waals surface area contributed by atoms with Crippen molar-refractivity contribution in [2.24, 2.45) is 0 Å². The maximum absolute atomic E-state index is 12.8. The molecule has 0 aromatic heterocycles. The Morgan fingerprint density at radius 1 is 0.536 bits per heavy atom. The van der Waals surface area contributed by atoms with Gasteiger partial charge < -0.3 is 25.0 Å². The molecule has 0 atom stereocenters. The Balaban J connectivity index is 0.997. The third-order valence-electron chi connectivity index (χ3n) is 8.12. The van der Waals surface area contributed by atoms with Gasteiger partial charge in [0.1, 0.15) is 29.6 Å². The van der Waals surface area contributed by atoms with Crippen molar-refractivity contribution in [2.75, 3.05) is 10.8 Å². The SMILES string of the molecule is O=C(O)c1ccc([N+](=O)[O-])cc1CONc1ccc(Oc2ccc(-c3ccc(Oc4ccc(NC(=O)c5cc([N+](=O)[O-])ccc5C(=O)O)cc4)cc3)cc2)cc1. The first-order chi connectivity index (χ1) is 26.9. The van der Waals surface area contributed by atoms with E-state index in [4.69, 9.17) is 14.3 Å². The highest BCUT2D eigenvalue weighted by Gasteiger charge is 2.21. The van der Waals surface area contributed by atoms with E-state index >= 15 is 0 Å². The standard InChI is InChI=1S/C40H28N4O12/c45-38(37-22-30(44(52)53)10-20-36(37)40(48)49)41-27-5-15-33(16-6-27)55-31-11-1-24(2-12-31)25-3-13-32(14-4-25)56-34-17-7-28(8-18-34)42-54-23-26-21-29(43(50)51)9-19-35(26)39(46)47/h1-22,42H,23H2,(H,41,45)(H,46,47)(H,48,49). The van der Waals surface area contributed by atoms with Gasteiger partial charge in [-0.25, -0.2) is 9.59 Å². The van der Waals surface area contributed by atoms with Crippen LogP contribution in [0.1, 0.15) is 36.6 Å². The molecule has 6 rings (SSSR count). The molecule has 0 unspecified atom stereocenters. The van der Waals surface area contributed by atoms with E-state index in [-0.39, 0.29) is 34.5 Å². The zero-order valence-electron chi connectivity index (χ0n) is 28.8. The molecule has 0 saturated carbocycles. The Morgan fingerprint density at radius 3 is 1.43 bits per heavy atom. The van der Waals surface area contributed by atoms with Gasteiger partial charge in [-0.2, -0.15) is 0 Å². The first kappa shape index (κ1) is 37.6. The Kier molecular flexibility index (Phi) is 11.2. The summed E-state index contributed by atoms with van der Waals surface area (Å²) in [4.78, 5) is 62.1. The topological polar surface area (TPSA) is 230 Å². The Morgan fingerprint density at radius 2 is 0.964 bits per heavy atom. The lowest BCUT2D eigenvalue weighted by Gasteiger charge is -2.11. The summed E-state index contributed by atoms with van der Waals surface area (Å²) in [7, 11) is 0. The maximum atomic E-state index is 12.8. The molecule has 0 radical (unpaired) electrons. The second-order valence-corrected chi connectivity index (χ2v) is 11.8. The van der Waals surface area contributed by atoms with E-state index in [0.29, 0.717) is 34.4 Å². The van der Waals surface area contributed by atoms with Gasteiger partial charge in [0, 0.05) is 35.5 Å². The number of nitro groups is 2. The third kappa shape index (κ3) is 9.27. The van der Waals surface area contributed by atoms with Gasteiger partial charge in [-0.1, -0.05) is 24.3 Å². The molecular formula is C40H28N4O12. The monoisotopic (exact) mass is 756 g/mol. The minimum absolute atomic E-state index is 0.102. The van der Waals surface area contributed by atoms with Crippen LogP contribution in [0.4, 0.5) is 22.7 Å². The number of carbonyl (C=O) groups excluding carboxylic acids is 1. The molecule has 0 heterocycles. The molecule has 4 N–H and O–H groups in total. The van der Waals surface area contributed by atoms with Gasteiger partial charge in [0.05, 0.1) is 32.2 Å². The van der Waals surface area contributed by atoms with E-state index in [1.807, 2.05) is 36.4 Å². The number of nitrogens with zero attached hydrogens (tertiary/aromatic N) is 2. The van der Waals surface area contributed by atoms with Crippen LogP contribution in [-0.4, -0.2) is 37.9 Å². The molecule has 56 heavy (non-hydrogen) atoms. The lowest BCUT2D eigenvalue weighted by Crippen LogP contribution is -2.16. The predicted octanol–water partition coefficient (Wildman–Crippen LogP) is 8.95. The van der Waals surface area contributed by atoms with Crippen LogP contribution < -0.4 is 20.3 Å². The second-order valence-electron chi connectivity index (χ2n) is 11.8. The first-order valence-electron chi connectivity index (χ1n) is 16.4. The summed E-state index contributed by atoms with van der Waals surface area (Å²) >= 11 is 0. The molecule has 0 aliphatic rings.